The lowest BCUT2D eigenvalue weighted by Gasteiger charge is -2.16. The molecule has 8 heteroatoms. The summed E-state index contributed by atoms with van der Waals surface area (Å²) in [4.78, 5) is 22.4. The number of rotatable bonds is 4. The maximum absolute atomic E-state index is 11.2. The molecule has 0 aliphatic carbocycles. The lowest BCUT2D eigenvalue weighted by atomic mass is 10.4. The Labute approximate surface area is 110 Å². The van der Waals surface area contributed by atoms with Gasteiger partial charge in [0, 0.05) is 0 Å². The van der Waals surface area contributed by atoms with E-state index in [1.54, 1.807) is 27.7 Å². The topological polar surface area (TPSA) is 89.5 Å². The molecule has 0 aromatic heterocycles. The van der Waals surface area contributed by atoms with Gasteiger partial charge in [-0.2, -0.15) is 0 Å². The Hall–Kier alpha value is -1.54. The zero-order valence-electron chi connectivity index (χ0n) is 11.3. The van der Waals surface area contributed by atoms with E-state index in [0.717, 1.165) is 0 Å². The second kappa shape index (κ2) is 6.58. The second-order valence-electron chi connectivity index (χ2n) is 3.97. The van der Waals surface area contributed by atoms with Crippen molar-refractivity contribution in [1.82, 2.24) is 0 Å². The predicted molar refractivity (Wildman–Crippen MR) is 60.0 cm³/mol. The molecule has 0 aromatic carbocycles. The Morgan fingerprint density at radius 2 is 1.32 bits per heavy atom. The van der Waals surface area contributed by atoms with Crippen LogP contribution in [0.1, 0.15) is 27.7 Å². The van der Waals surface area contributed by atoms with Crippen LogP contribution in [0.15, 0.2) is 0 Å². The molecular weight excluding hydrogens is 260 g/mol. The molecule has 110 valence electrons. The molecule has 0 amide bonds. The van der Waals surface area contributed by atoms with E-state index >= 15 is 0 Å². The first-order valence-corrected chi connectivity index (χ1v) is 5.90. The average Bonchev–Trinajstić information content (AvgIpc) is 2.53. The Morgan fingerprint density at radius 3 is 1.63 bits per heavy atom. The Morgan fingerprint density at radius 1 is 0.947 bits per heavy atom. The molecule has 1 saturated heterocycles. The van der Waals surface area contributed by atoms with Crippen molar-refractivity contribution >= 4 is 12.3 Å². The number of hydrogen-bond acceptors (Lipinski definition) is 8. The minimum Gasteiger partial charge on any atom is -0.435 e. The third kappa shape index (κ3) is 4.92. The van der Waals surface area contributed by atoms with Gasteiger partial charge in [0.15, 0.2) is 5.79 Å². The van der Waals surface area contributed by atoms with Gasteiger partial charge in [0.1, 0.15) is 0 Å². The van der Waals surface area contributed by atoms with Gasteiger partial charge in [-0.3, -0.25) is 0 Å². The van der Waals surface area contributed by atoms with Crippen molar-refractivity contribution in [3.8, 4) is 0 Å². The quantitative estimate of drug-likeness (QED) is 0.719. The van der Waals surface area contributed by atoms with Crippen LogP contribution in [0.4, 0.5) is 9.59 Å². The lowest BCUT2D eigenvalue weighted by molar-refractivity contribution is -0.183. The first-order valence-electron chi connectivity index (χ1n) is 5.90. The van der Waals surface area contributed by atoms with Crippen molar-refractivity contribution in [3.05, 3.63) is 0 Å². The van der Waals surface area contributed by atoms with Gasteiger partial charge in [0.2, 0.25) is 0 Å². The summed E-state index contributed by atoms with van der Waals surface area (Å²) < 4.78 is 29.4. The zero-order chi connectivity index (χ0) is 14.5. The molecule has 0 spiro atoms. The molecule has 1 heterocycles. The van der Waals surface area contributed by atoms with Gasteiger partial charge in [-0.05, 0) is 27.7 Å². The summed E-state index contributed by atoms with van der Waals surface area (Å²) in [6.45, 7) is 6.73. The summed E-state index contributed by atoms with van der Waals surface area (Å²) in [5, 5.41) is 0. The van der Waals surface area contributed by atoms with Gasteiger partial charge < -0.3 is 28.4 Å². The third-order valence-electron chi connectivity index (χ3n) is 1.97. The first kappa shape index (κ1) is 15.5. The van der Waals surface area contributed by atoms with Crippen LogP contribution < -0.4 is 0 Å². The molecule has 0 radical (unpaired) electrons. The van der Waals surface area contributed by atoms with Crippen LogP contribution in [-0.2, 0) is 28.4 Å². The maximum atomic E-state index is 11.2. The highest BCUT2D eigenvalue weighted by atomic mass is 16.9. The van der Waals surface area contributed by atoms with Crippen LogP contribution in [0.5, 0.6) is 0 Å². The van der Waals surface area contributed by atoms with Gasteiger partial charge in [-0.25, -0.2) is 9.59 Å². The lowest BCUT2D eigenvalue weighted by Crippen LogP contribution is -2.33. The molecule has 0 saturated carbocycles. The van der Waals surface area contributed by atoms with E-state index in [2.05, 4.69) is 9.47 Å². The van der Waals surface area contributed by atoms with Crippen LogP contribution in [0, 0.1) is 0 Å². The molecule has 0 aromatic rings. The van der Waals surface area contributed by atoms with Crippen molar-refractivity contribution in [2.24, 2.45) is 0 Å². The smallest absolute Gasteiger partial charge is 0.435 e. The van der Waals surface area contributed by atoms with E-state index in [4.69, 9.17) is 18.9 Å². The summed E-state index contributed by atoms with van der Waals surface area (Å²) in [6, 6.07) is 0. The van der Waals surface area contributed by atoms with Crippen molar-refractivity contribution in [2.75, 3.05) is 13.2 Å². The Balaban J connectivity index is 2.59. The fourth-order valence-corrected chi connectivity index (χ4v) is 1.35. The molecular formula is C11H18O8. The highest BCUT2D eigenvalue weighted by molar-refractivity contribution is 5.61. The van der Waals surface area contributed by atoms with E-state index in [1.807, 2.05) is 0 Å². The summed E-state index contributed by atoms with van der Waals surface area (Å²) in [5.41, 5.74) is 0. The van der Waals surface area contributed by atoms with Crippen LogP contribution in [0.25, 0.3) is 0 Å². The third-order valence-corrected chi connectivity index (χ3v) is 1.97. The summed E-state index contributed by atoms with van der Waals surface area (Å²) >= 11 is 0. The standard InChI is InChI=1S/C11H18O8/c1-5-14-9(12)16-7-8(17-10(13)15-6-2)19-11(3,4)18-7/h7-8H,5-6H2,1-4H3. The molecule has 0 N–H and O–H groups in total. The Bertz CT molecular complexity index is 297. The van der Waals surface area contributed by atoms with Crippen LogP contribution in [0.3, 0.4) is 0 Å². The van der Waals surface area contributed by atoms with E-state index in [0.29, 0.717) is 0 Å². The van der Waals surface area contributed by atoms with Crippen LogP contribution in [-0.4, -0.2) is 43.9 Å². The van der Waals surface area contributed by atoms with E-state index in [9.17, 15) is 9.59 Å². The highest BCUT2D eigenvalue weighted by Crippen LogP contribution is 2.30. The molecule has 2 atom stereocenters. The van der Waals surface area contributed by atoms with Gasteiger partial charge in [0.05, 0.1) is 13.2 Å². The average molecular weight is 278 g/mol. The molecule has 0 bridgehead atoms. The minimum absolute atomic E-state index is 0.152. The van der Waals surface area contributed by atoms with Crippen molar-refractivity contribution in [2.45, 2.75) is 46.1 Å². The van der Waals surface area contributed by atoms with Gasteiger partial charge in [-0.15, -0.1) is 0 Å². The van der Waals surface area contributed by atoms with Crippen molar-refractivity contribution in [1.29, 1.82) is 0 Å². The molecule has 2 unspecified atom stereocenters. The number of carbonyl (C=O) groups is 2. The molecule has 1 aliphatic heterocycles. The largest absolute Gasteiger partial charge is 0.510 e. The maximum Gasteiger partial charge on any atom is 0.510 e. The van der Waals surface area contributed by atoms with Crippen LogP contribution >= 0.6 is 0 Å². The highest BCUT2D eigenvalue weighted by Gasteiger charge is 2.47. The molecule has 1 aliphatic rings. The second-order valence-corrected chi connectivity index (χ2v) is 3.97. The van der Waals surface area contributed by atoms with Gasteiger partial charge in [-0.1, -0.05) is 0 Å². The predicted octanol–water partition coefficient (Wildman–Crippen LogP) is 1.77. The Kier molecular flexibility index (Phi) is 5.37. The van der Waals surface area contributed by atoms with E-state index in [-0.39, 0.29) is 13.2 Å². The SMILES string of the molecule is CCOC(=O)OC1OC(C)(C)OC1OC(=O)OCC. The van der Waals surface area contributed by atoms with Gasteiger partial charge in [0.25, 0.3) is 12.6 Å². The monoisotopic (exact) mass is 278 g/mol. The molecule has 8 nitrogen and oxygen atoms in total. The van der Waals surface area contributed by atoms with Crippen molar-refractivity contribution in [3.63, 3.8) is 0 Å². The number of carbonyl (C=O) groups excluding carboxylic acids is 2. The first-order chi connectivity index (χ1) is 8.88. The fraction of sp³-hybridized carbons (Fsp3) is 0.818. The van der Waals surface area contributed by atoms with Crippen LogP contribution in [0.2, 0.25) is 0 Å². The molecule has 1 fully saturated rings. The van der Waals surface area contributed by atoms with Gasteiger partial charge >= 0.3 is 12.3 Å². The summed E-state index contributed by atoms with van der Waals surface area (Å²) in [7, 11) is 0. The van der Waals surface area contributed by atoms with E-state index < -0.39 is 30.7 Å². The molecule has 1 rings (SSSR count). The minimum atomic E-state index is -1.21. The normalized spacial score (nSPS) is 24.6. The summed E-state index contributed by atoms with van der Waals surface area (Å²) in [5.74, 6) is -1.06. The number of ether oxygens (including phenoxy) is 6. The van der Waals surface area contributed by atoms with E-state index in [1.165, 1.54) is 0 Å². The van der Waals surface area contributed by atoms with Crippen molar-refractivity contribution < 1.29 is 38.0 Å². The number of hydrogen-bond donors (Lipinski definition) is 0. The molecule has 19 heavy (non-hydrogen) atoms. The zero-order valence-corrected chi connectivity index (χ0v) is 11.3. The fourth-order valence-electron chi connectivity index (χ4n) is 1.35. The summed E-state index contributed by atoms with van der Waals surface area (Å²) in [6.07, 6.45) is -4.30.